The molecule has 1 fully saturated rings. The molecule has 1 aliphatic heterocycles. The molecule has 184 valence electrons. The van der Waals surface area contributed by atoms with Gasteiger partial charge in [-0.15, -0.1) is 11.3 Å². The van der Waals surface area contributed by atoms with Crippen LogP contribution < -0.4 is 16.0 Å². The van der Waals surface area contributed by atoms with Crippen LogP contribution in [0.3, 0.4) is 0 Å². The van der Waals surface area contributed by atoms with Crippen LogP contribution in [0.5, 0.6) is 0 Å². The summed E-state index contributed by atoms with van der Waals surface area (Å²) in [5, 5.41) is 11.2. The van der Waals surface area contributed by atoms with Gasteiger partial charge >= 0.3 is 0 Å². The second-order valence-corrected chi connectivity index (χ2v) is 9.78. The minimum Gasteiger partial charge on any atom is -0.339 e. The summed E-state index contributed by atoms with van der Waals surface area (Å²) in [6.07, 6.45) is 3.15. The van der Waals surface area contributed by atoms with Crippen LogP contribution in [0.4, 0.5) is 33.2 Å². The Morgan fingerprint density at radius 3 is 2.64 bits per heavy atom. The molecule has 9 heteroatoms. The molecule has 3 heterocycles. The largest absolute Gasteiger partial charge is 0.339 e. The van der Waals surface area contributed by atoms with E-state index in [4.69, 9.17) is 0 Å². The number of carbonyl (C=O) groups excluding carboxylic acids is 1. The molecule has 36 heavy (non-hydrogen) atoms. The topological polar surface area (TPSA) is 82.2 Å². The average Bonchev–Trinajstić information content (AvgIpc) is 3.34. The summed E-state index contributed by atoms with van der Waals surface area (Å²) in [5.74, 6) is 0.744. The molecule has 1 aliphatic rings. The standard InChI is InChI=1S/C27H27FN6OS/c1-3-24(35)29-18-5-4-6-19(15-18)30-26-25-23(11-14-36-25)32-27(33-26)31-20-7-8-21(22(28)16-20)17-9-12-34(2)13-10-17/h3-8,11,14-17H,1,9-10,12-13H2,2H3,(H,29,35)(H2,30,31,32,33). The van der Waals surface area contributed by atoms with E-state index in [2.05, 4.69) is 44.4 Å². The average molecular weight is 503 g/mol. The fourth-order valence-electron chi connectivity index (χ4n) is 4.39. The Morgan fingerprint density at radius 1 is 1.08 bits per heavy atom. The van der Waals surface area contributed by atoms with E-state index in [1.54, 1.807) is 6.07 Å². The number of likely N-dealkylation sites (tertiary alicyclic amines) is 1. The van der Waals surface area contributed by atoms with E-state index in [1.807, 2.05) is 41.8 Å². The summed E-state index contributed by atoms with van der Waals surface area (Å²) in [4.78, 5) is 23.2. The number of benzene rings is 2. The number of hydrogen-bond acceptors (Lipinski definition) is 7. The van der Waals surface area contributed by atoms with Crippen molar-refractivity contribution in [3.05, 3.63) is 77.9 Å². The Morgan fingerprint density at radius 2 is 1.86 bits per heavy atom. The lowest BCUT2D eigenvalue weighted by molar-refractivity contribution is -0.111. The maximum Gasteiger partial charge on any atom is 0.247 e. The monoisotopic (exact) mass is 502 g/mol. The van der Waals surface area contributed by atoms with E-state index in [-0.39, 0.29) is 17.6 Å². The molecule has 7 nitrogen and oxygen atoms in total. The molecule has 0 saturated carbocycles. The highest BCUT2D eigenvalue weighted by Crippen LogP contribution is 2.33. The molecule has 2 aromatic heterocycles. The Bertz CT molecular complexity index is 1410. The predicted molar refractivity (Wildman–Crippen MR) is 145 cm³/mol. The number of nitrogens with one attached hydrogen (secondary N) is 3. The number of amides is 1. The van der Waals surface area contributed by atoms with Crippen LogP contribution in [-0.2, 0) is 4.79 Å². The zero-order chi connectivity index (χ0) is 25.1. The number of thiophene rings is 1. The van der Waals surface area contributed by atoms with Crippen molar-refractivity contribution in [2.75, 3.05) is 36.1 Å². The van der Waals surface area contributed by atoms with Gasteiger partial charge < -0.3 is 20.9 Å². The molecule has 1 saturated heterocycles. The molecule has 2 aromatic carbocycles. The van der Waals surface area contributed by atoms with Crippen molar-refractivity contribution in [3.8, 4) is 0 Å². The number of fused-ring (bicyclic) bond motifs is 1. The first-order valence-corrected chi connectivity index (χ1v) is 12.7. The highest BCUT2D eigenvalue weighted by molar-refractivity contribution is 7.17. The maximum atomic E-state index is 15.0. The number of piperidine rings is 1. The first-order chi connectivity index (χ1) is 17.5. The van der Waals surface area contributed by atoms with Crippen molar-refractivity contribution in [3.63, 3.8) is 0 Å². The number of halogens is 1. The van der Waals surface area contributed by atoms with Crippen LogP contribution >= 0.6 is 11.3 Å². The molecule has 1 amide bonds. The summed E-state index contributed by atoms with van der Waals surface area (Å²) >= 11 is 1.53. The molecular weight excluding hydrogens is 475 g/mol. The van der Waals surface area contributed by atoms with Gasteiger partial charge in [-0.05, 0) is 92.3 Å². The second-order valence-electron chi connectivity index (χ2n) is 8.87. The fraction of sp³-hybridized carbons (Fsp3) is 0.222. The minimum absolute atomic E-state index is 0.206. The molecular formula is C27H27FN6OS. The Kier molecular flexibility index (Phi) is 6.92. The van der Waals surface area contributed by atoms with E-state index in [0.29, 0.717) is 23.1 Å². The van der Waals surface area contributed by atoms with Crippen LogP contribution in [0.15, 0.2) is 66.6 Å². The van der Waals surface area contributed by atoms with Crippen molar-refractivity contribution >= 4 is 56.3 Å². The van der Waals surface area contributed by atoms with Gasteiger partial charge in [0.25, 0.3) is 0 Å². The number of carbonyl (C=O) groups is 1. The van der Waals surface area contributed by atoms with Gasteiger partial charge in [0.1, 0.15) is 5.82 Å². The minimum atomic E-state index is -0.282. The summed E-state index contributed by atoms with van der Waals surface area (Å²) < 4.78 is 15.9. The second kappa shape index (κ2) is 10.4. The van der Waals surface area contributed by atoms with Crippen LogP contribution in [0.25, 0.3) is 10.2 Å². The molecule has 5 rings (SSSR count). The quantitative estimate of drug-likeness (QED) is 0.259. The molecule has 0 aliphatic carbocycles. The van der Waals surface area contributed by atoms with Gasteiger partial charge in [0.2, 0.25) is 11.9 Å². The third-order valence-corrected chi connectivity index (χ3v) is 7.21. The number of aromatic nitrogens is 2. The zero-order valence-corrected chi connectivity index (χ0v) is 20.7. The highest BCUT2D eigenvalue weighted by atomic mass is 32.1. The number of rotatable bonds is 7. The molecule has 0 unspecified atom stereocenters. The number of hydrogen-bond donors (Lipinski definition) is 3. The van der Waals surface area contributed by atoms with Crippen LogP contribution in [-0.4, -0.2) is 40.9 Å². The molecule has 0 bridgehead atoms. The molecule has 0 radical (unpaired) electrons. The highest BCUT2D eigenvalue weighted by Gasteiger charge is 2.21. The Hall–Kier alpha value is -3.82. The van der Waals surface area contributed by atoms with E-state index >= 15 is 4.39 Å². The summed E-state index contributed by atoms with van der Waals surface area (Å²) in [6, 6.07) is 14.5. The van der Waals surface area contributed by atoms with E-state index in [1.165, 1.54) is 23.5 Å². The molecule has 3 N–H and O–H groups in total. The van der Waals surface area contributed by atoms with Crippen LogP contribution in [0, 0.1) is 5.82 Å². The van der Waals surface area contributed by atoms with Crippen LogP contribution in [0.2, 0.25) is 0 Å². The van der Waals surface area contributed by atoms with Gasteiger partial charge in [-0.2, -0.15) is 4.98 Å². The fourth-order valence-corrected chi connectivity index (χ4v) is 5.17. The van der Waals surface area contributed by atoms with Crippen molar-refractivity contribution in [1.82, 2.24) is 14.9 Å². The SMILES string of the molecule is C=CC(=O)Nc1cccc(Nc2nc(Nc3ccc(C4CCN(C)CC4)c(F)c3)nc3ccsc23)c1. The van der Waals surface area contributed by atoms with Crippen molar-refractivity contribution in [1.29, 1.82) is 0 Å². The zero-order valence-electron chi connectivity index (χ0n) is 19.9. The summed E-state index contributed by atoms with van der Waals surface area (Å²) in [6.45, 7) is 5.45. The van der Waals surface area contributed by atoms with Gasteiger partial charge in [-0.3, -0.25) is 4.79 Å². The van der Waals surface area contributed by atoms with Gasteiger partial charge in [-0.1, -0.05) is 18.7 Å². The molecule has 0 atom stereocenters. The van der Waals surface area contributed by atoms with Crippen molar-refractivity contribution in [2.24, 2.45) is 0 Å². The number of anilines is 5. The lowest BCUT2D eigenvalue weighted by atomic mass is 9.89. The first-order valence-electron chi connectivity index (χ1n) is 11.8. The normalized spacial score (nSPS) is 14.5. The summed E-state index contributed by atoms with van der Waals surface area (Å²) in [7, 11) is 2.10. The third-order valence-electron chi connectivity index (χ3n) is 6.30. The van der Waals surface area contributed by atoms with E-state index < -0.39 is 0 Å². The van der Waals surface area contributed by atoms with Crippen molar-refractivity contribution < 1.29 is 9.18 Å². The number of nitrogens with zero attached hydrogens (tertiary/aromatic N) is 3. The van der Waals surface area contributed by atoms with Crippen molar-refractivity contribution in [2.45, 2.75) is 18.8 Å². The smallest absolute Gasteiger partial charge is 0.247 e. The summed E-state index contributed by atoms with van der Waals surface area (Å²) in [5.41, 5.74) is 3.54. The van der Waals surface area contributed by atoms with E-state index in [0.717, 1.165) is 47.4 Å². The Balaban J connectivity index is 1.37. The third kappa shape index (κ3) is 5.37. The molecule has 0 spiro atoms. The van der Waals surface area contributed by atoms with Gasteiger partial charge in [0.15, 0.2) is 5.82 Å². The predicted octanol–water partition coefficient (Wildman–Crippen LogP) is 6.25. The van der Waals surface area contributed by atoms with Gasteiger partial charge in [0, 0.05) is 17.1 Å². The lowest BCUT2D eigenvalue weighted by Crippen LogP contribution is -2.29. The lowest BCUT2D eigenvalue weighted by Gasteiger charge is -2.29. The van der Waals surface area contributed by atoms with E-state index in [9.17, 15) is 4.79 Å². The first kappa shape index (κ1) is 23.9. The maximum absolute atomic E-state index is 15.0. The Labute approximate surface area is 213 Å². The van der Waals surface area contributed by atoms with Gasteiger partial charge in [-0.25, -0.2) is 9.37 Å². The van der Waals surface area contributed by atoms with Crippen LogP contribution in [0.1, 0.15) is 24.3 Å². The molecule has 4 aromatic rings. The van der Waals surface area contributed by atoms with Gasteiger partial charge in [0.05, 0.1) is 10.2 Å².